The highest BCUT2D eigenvalue weighted by Crippen LogP contribution is 2.23. The van der Waals surface area contributed by atoms with Gasteiger partial charge in [-0.15, -0.1) is 0 Å². The number of nitrogens with one attached hydrogen (secondary N) is 1. The molecule has 0 aromatic rings. The summed E-state index contributed by atoms with van der Waals surface area (Å²) in [7, 11) is 1.89. The van der Waals surface area contributed by atoms with Crippen molar-refractivity contribution in [2.45, 2.75) is 38.8 Å². The highest BCUT2D eigenvalue weighted by Gasteiger charge is 2.37. The minimum absolute atomic E-state index is 0.175. The summed E-state index contributed by atoms with van der Waals surface area (Å²) in [5.74, 6) is 0.416. The van der Waals surface area contributed by atoms with Gasteiger partial charge in [0.1, 0.15) is 5.60 Å². The number of likely N-dealkylation sites (tertiary alicyclic amines) is 1. The third-order valence-corrected chi connectivity index (χ3v) is 2.94. The van der Waals surface area contributed by atoms with Gasteiger partial charge in [0.2, 0.25) is 0 Å². The second kappa shape index (κ2) is 5.69. The Labute approximate surface area is 103 Å². The third kappa shape index (κ3) is 4.16. The Morgan fingerprint density at radius 3 is 2.53 bits per heavy atom. The molecule has 1 saturated heterocycles. The smallest absolute Gasteiger partial charge is 0.410 e. The van der Waals surface area contributed by atoms with Crippen LogP contribution < -0.4 is 5.32 Å². The van der Waals surface area contributed by atoms with Crippen LogP contribution in [-0.4, -0.2) is 54.5 Å². The van der Waals surface area contributed by atoms with E-state index in [1.165, 1.54) is 0 Å². The van der Waals surface area contributed by atoms with Crippen LogP contribution in [0.25, 0.3) is 0 Å². The zero-order valence-electron chi connectivity index (χ0n) is 11.2. The molecule has 0 bridgehead atoms. The van der Waals surface area contributed by atoms with Crippen LogP contribution >= 0.6 is 0 Å². The molecule has 17 heavy (non-hydrogen) atoms. The standard InChI is InChI=1S/C12H24N2O3/c1-12(2,3)17-11(16)14-7-9(8-14)10(13-4)5-6-15/h9-10,13,15H,5-8H2,1-4H3/t10-/m1/s1. The van der Waals surface area contributed by atoms with Gasteiger partial charge in [-0.3, -0.25) is 0 Å². The fourth-order valence-electron chi connectivity index (χ4n) is 2.00. The molecule has 1 aliphatic rings. The molecule has 2 N–H and O–H groups in total. The zero-order chi connectivity index (χ0) is 13.1. The van der Waals surface area contributed by atoms with Gasteiger partial charge >= 0.3 is 6.09 Å². The van der Waals surface area contributed by atoms with E-state index in [2.05, 4.69) is 5.32 Å². The first-order valence-electron chi connectivity index (χ1n) is 6.13. The van der Waals surface area contributed by atoms with Crippen molar-refractivity contribution < 1.29 is 14.6 Å². The van der Waals surface area contributed by atoms with Crippen LogP contribution in [0.4, 0.5) is 4.79 Å². The van der Waals surface area contributed by atoms with E-state index >= 15 is 0 Å². The van der Waals surface area contributed by atoms with Crippen LogP contribution in [-0.2, 0) is 4.74 Å². The number of aliphatic hydroxyl groups excluding tert-OH is 1. The van der Waals surface area contributed by atoms with Gasteiger partial charge in [-0.1, -0.05) is 0 Å². The van der Waals surface area contributed by atoms with Crippen LogP contribution in [0.15, 0.2) is 0 Å². The molecule has 1 heterocycles. The number of carbonyl (C=O) groups is 1. The molecule has 1 fully saturated rings. The maximum Gasteiger partial charge on any atom is 0.410 e. The molecule has 1 rings (SSSR count). The van der Waals surface area contributed by atoms with Crippen LogP contribution in [0.1, 0.15) is 27.2 Å². The molecule has 5 nitrogen and oxygen atoms in total. The summed E-state index contributed by atoms with van der Waals surface area (Å²) in [6, 6.07) is 0.277. The monoisotopic (exact) mass is 244 g/mol. The van der Waals surface area contributed by atoms with E-state index in [0.717, 1.165) is 6.42 Å². The van der Waals surface area contributed by atoms with Crippen molar-refractivity contribution in [2.24, 2.45) is 5.92 Å². The Hall–Kier alpha value is -0.810. The first-order chi connectivity index (χ1) is 7.87. The molecule has 0 aromatic carbocycles. The fraction of sp³-hybridized carbons (Fsp3) is 0.917. The molecular formula is C12H24N2O3. The molecule has 0 unspecified atom stereocenters. The number of amides is 1. The maximum absolute atomic E-state index is 11.7. The predicted octanol–water partition coefficient (Wildman–Crippen LogP) is 0.824. The van der Waals surface area contributed by atoms with Crippen LogP contribution in [0.3, 0.4) is 0 Å². The summed E-state index contributed by atoms with van der Waals surface area (Å²) in [5.41, 5.74) is -0.435. The van der Waals surface area contributed by atoms with Crippen molar-refractivity contribution in [1.29, 1.82) is 0 Å². The zero-order valence-corrected chi connectivity index (χ0v) is 11.2. The number of hydrogen-bond acceptors (Lipinski definition) is 4. The van der Waals surface area contributed by atoms with E-state index in [1.54, 1.807) is 4.90 Å². The lowest BCUT2D eigenvalue weighted by molar-refractivity contribution is -0.00767. The first-order valence-corrected chi connectivity index (χ1v) is 6.13. The van der Waals surface area contributed by atoms with Crippen LogP contribution in [0, 0.1) is 5.92 Å². The Morgan fingerprint density at radius 2 is 2.12 bits per heavy atom. The third-order valence-electron chi connectivity index (χ3n) is 2.94. The highest BCUT2D eigenvalue weighted by molar-refractivity contribution is 5.69. The summed E-state index contributed by atoms with van der Waals surface area (Å²) in [6.07, 6.45) is 0.483. The molecular weight excluding hydrogens is 220 g/mol. The summed E-state index contributed by atoms with van der Waals surface area (Å²) >= 11 is 0. The molecule has 1 atom stereocenters. The van der Waals surface area contributed by atoms with Gasteiger partial charge < -0.3 is 20.1 Å². The maximum atomic E-state index is 11.7. The van der Waals surface area contributed by atoms with Crippen molar-refractivity contribution in [3.8, 4) is 0 Å². The van der Waals surface area contributed by atoms with E-state index in [9.17, 15) is 4.79 Å². The van der Waals surface area contributed by atoms with Crippen molar-refractivity contribution in [3.63, 3.8) is 0 Å². The molecule has 0 aliphatic carbocycles. The summed E-state index contributed by atoms with van der Waals surface area (Å²) in [6.45, 7) is 7.19. The Morgan fingerprint density at radius 1 is 1.53 bits per heavy atom. The minimum atomic E-state index is -0.435. The Balaban J connectivity index is 2.33. The topological polar surface area (TPSA) is 61.8 Å². The number of hydrogen-bond donors (Lipinski definition) is 2. The van der Waals surface area contributed by atoms with Gasteiger partial charge in [0.25, 0.3) is 0 Å². The minimum Gasteiger partial charge on any atom is -0.444 e. The fourth-order valence-corrected chi connectivity index (χ4v) is 2.00. The van der Waals surface area contributed by atoms with Gasteiger partial charge in [0.15, 0.2) is 0 Å². The molecule has 0 spiro atoms. The summed E-state index contributed by atoms with van der Waals surface area (Å²) < 4.78 is 5.28. The van der Waals surface area contributed by atoms with Crippen molar-refractivity contribution in [2.75, 3.05) is 26.7 Å². The van der Waals surface area contributed by atoms with Crippen molar-refractivity contribution in [1.82, 2.24) is 10.2 Å². The van der Waals surface area contributed by atoms with Crippen LogP contribution in [0.2, 0.25) is 0 Å². The lowest BCUT2D eigenvalue weighted by atomic mass is 9.90. The first kappa shape index (κ1) is 14.3. The molecule has 1 aliphatic heterocycles. The lowest BCUT2D eigenvalue weighted by Gasteiger charge is -2.43. The van der Waals surface area contributed by atoms with Crippen LogP contribution in [0.5, 0.6) is 0 Å². The van der Waals surface area contributed by atoms with Gasteiger partial charge in [-0.2, -0.15) is 0 Å². The molecule has 1 amide bonds. The van der Waals surface area contributed by atoms with E-state index in [1.807, 2.05) is 27.8 Å². The Kier molecular flexibility index (Phi) is 4.77. The summed E-state index contributed by atoms with van der Waals surface area (Å²) in [5, 5.41) is 12.1. The Bertz CT molecular complexity index is 257. The summed E-state index contributed by atoms with van der Waals surface area (Å²) in [4.78, 5) is 13.4. The molecule has 0 saturated carbocycles. The van der Waals surface area contributed by atoms with Gasteiger partial charge in [0.05, 0.1) is 0 Å². The average Bonchev–Trinajstić information content (AvgIpc) is 2.11. The number of carbonyl (C=O) groups excluding carboxylic acids is 1. The average molecular weight is 244 g/mol. The van der Waals surface area contributed by atoms with Gasteiger partial charge in [0, 0.05) is 31.7 Å². The lowest BCUT2D eigenvalue weighted by Crippen LogP contribution is -2.58. The number of ether oxygens (including phenoxy) is 1. The van der Waals surface area contributed by atoms with Crippen molar-refractivity contribution in [3.05, 3.63) is 0 Å². The number of aliphatic hydroxyl groups is 1. The predicted molar refractivity (Wildman–Crippen MR) is 65.8 cm³/mol. The molecule has 0 radical (unpaired) electrons. The largest absolute Gasteiger partial charge is 0.444 e. The van der Waals surface area contributed by atoms with E-state index in [-0.39, 0.29) is 18.7 Å². The second-order valence-corrected chi connectivity index (χ2v) is 5.55. The van der Waals surface area contributed by atoms with E-state index in [4.69, 9.17) is 9.84 Å². The van der Waals surface area contributed by atoms with Crippen molar-refractivity contribution >= 4 is 6.09 Å². The number of rotatable bonds is 4. The van der Waals surface area contributed by atoms with E-state index < -0.39 is 5.60 Å². The normalized spacial score (nSPS) is 18.8. The van der Waals surface area contributed by atoms with Gasteiger partial charge in [-0.25, -0.2) is 4.79 Å². The van der Waals surface area contributed by atoms with E-state index in [0.29, 0.717) is 19.0 Å². The quantitative estimate of drug-likeness (QED) is 0.768. The second-order valence-electron chi connectivity index (χ2n) is 5.55. The number of nitrogens with zero attached hydrogens (tertiary/aromatic N) is 1. The highest BCUT2D eigenvalue weighted by atomic mass is 16.6. The SMILES string of the molecule is CN[C@H](CCO)C1CN(C(=O)OC(C)(C)C)C1. The molecule has 0 aromatic heterocycles. The molecule has 5 heteroatoms. The molecule has 100 valence electrons. The van der Waals surface area contributed by atoms with Gasteiger partial charge in [-0.05, 0) is 34.2 Å².